The van der Waals surface area contributed by atoms with E-state index in [2.05, 4.69) is 17.1 Å². The topological polar surface area (TPSA) is 38.9 Å². The first-order chi connectivity index (χ1) is 6.33. The molecular weight excluding hydrogens is 223 g/mol. The van der Waals surface area contributed by atoms with Crippen molar-refractivity contribution < 1.29 is 55.8 Å². The molecule has 0 fully saturated rings. The Bertz CT molecular complexity index is 242. The van der Waals surface area contributed by atoms with Gasteiger partial charge in [-0.15, -0.1) is 10.2 Å². The monoisotopic (exact) mass is 238 g/mol. The van der Waals surface area contributed by atoms with Crippen molar-refractivity contribution in [3.63, 3.8) is 0 Å². The minimum absolute atomic E-state index is 0. The van der Waals surface area contributed by atoms with Crippen molar-refractivity contribution in [1.82, 2.24) is 10.2 Å². The van der Waals surface area contributed by atoms with Crippen LogP contribution in [0.15, 0.2) is 9.64 Å². The van der Waals surface area contributed by atoms with E-state index < -0.39 is 0 Å². The Morgan fingerprint density at radius 2 is 1.86 bits per heavy atom. The van der Waals surface area contributed by atoms with E-state index in [4.69, 9.17) is 17.0 Å². The Morgan fingerprint density at radius 1 is 1.14 bits per heavy atom. The first-order valence-corrected chi connectivity index (χ1v) is 5.23. The van der Waals surface area contributed by atoms with Crippen molar-refractivity contribution in [2.75, 3.05) is 0 Å². The third-order valence-electron chi connectivity index (χ3n) is 1.94. The summed E-state index contributed by atoms with van der Waals surface area (Å²) in [6.45, 7) is 2.21. The van der Waals surface area contributed by atoms with Gasteiger partial charge in [-0.3, -0.25) is 0 Å². The molecule has 0 saturated heterocycles. The van der Waals surface area contributed by atoms with E-state index in [1.165, 1.54) is 25.7 Å². The fourth-order valence-electron chi connectivity index (χ4n) is 1.22. The minimum atomic E-state index is 0. The quantitative estimate of drug-likeness (QED) is 0.380. The van der Waals surface area contributed by atoms with Gasteiger partial charge >= 0.3 is 51.4 Å². The van der Waals surface area contributed by atoms with Crippen molar-refractivity contribution in [3.8, 4) is 0 Å². The first-order valence-electron chi connectivity index (χ1n) is 4.82. The van der Waals surface area contributed by atoms with E-state index in [0.717, 1.165) is 12.8 Å². The number of aryl methyl sites for hydroxylation is 1. The zero-order valence-electron chi connectivity index (χ0n) is 8.95. The second-order valence-corrected chi connectivity index (χ2v) is 3.48. The fourth-order valence-corrected chi connectivity index (χ4v) is 1.36. The molecule has 0 N–H and O–H groups in total. The van der Waals surface area contributed by atoms with Crippen LogP contribution < -0.4 is 51.4 Å². The van der Waals surface area contributed by atoms with Gasteiger partial charge < -0.3 is 17.0 Å². The zero-order chi connectivity index (χ0) is 9.52. The molecule has 5 heteroatoms. The Morgan fingerprint density at radius 3 is 2.43 bits per heavy atom. The Labute approximate surface area is 133 Å². The maximum absolute atomic E-state index is 5.08. The second kappa shape index (κ2) is 9.24. The molecule has 0 atom stereocenters. The predicted molar refractivity (Wildman–Crippen MR) is 52.4 cm³/mol. The van der Waals surface area contributed by atoms with Crippen molar-refractivity contribution in [3.05, 3.63) is 5.89 Å². The van der Waals surface area contributed by atoms with E-state index in [1.807, 2.05) is 0 Å². The summed E-state index contributed by atoms with van der Waals surface area (Å²) in [5.74, 6) is 0.682. The molecule has 1 rings (SSSR count). The third-order valence-corrected chi connectivity index (χ3v) is 2.11. The molecular formula is C9H15KN2OS. The van der Waals surface area contributed by atoms with Crippen LogP contribution in [-0.2, 0) is 19.0 Å². The van der Waals surface area contributed by atoms with Gasteiger partial charge in [0, 0.05) is 6.42 Å². The van der Waals surface area contributed by atoms with E-state index in [1.54, 1.807) is 0 Å². The molecule has 1 heterocycles. The van der Waals surface area contributed by atoms with Crippen LogP contribution in [0.1, 0.15) is 44.9 Å². The molecule has 74 valence electrons. The maximum Gasteiger partial charge on any atom is 1.00 e. The van der Waals surface area contributed by atoms with Crippen LogP contribution in [0.4, 0.5) is 0 Å². The summed E-state index contributed by atoms with van der Waals surface area (Å²) in [7, 11) is 0. The van der Waals surface area contributed by atoms with Crippen molar-refractivity contribution >= 4 is 12.6 Å². The van der Waals surface area contributed by atoms with Gasteiger partial charge in [0.05, 0.1) is 5.22 Å². The predicted octanol–water partition coefficient (Wildman–Crippen LogP) is -0.508. The molecule has 0 spiro atoms. The third kappa shape index (κ3) is 6.47. The van der Waals surface area contributed by atoms with E-state index >= 15 is 0 Å². The number of hydrogen-bond donors (Lipinski definition) is 0. The van der Waals surface area contributed by atoms with E-state index in [9.17, 15) is 0 Å². The van der Waals surface area contributed by atoms with Crippen LogP contribution in [0, 0.1) is 0 Å². The van der Waals surface area contributed by atoms with Gasteiger partial charge in [-0.1, -0.05) is 32.6 Å². The number of unbranched alkanes of at least 4 members (excludes halogenated alkanes) is 4. The minimum Gasteiger partial charge on any atom is -0.719 e. The molecule has 3 nitrogen and oxygen atoms in total. The van der Waals surface area contributed by atoms with Crippen LogP contribution in [0.2, 0.25) is 0 Å². The molecule has 0 unspecified atom stereocenters. The van der Waals surface area contributed by atoms with E-state index in [-0.39, 0.29) is 56.6 Å². The van der Waals surface area contributed by atoms with Crippen LogP contribution >= 0.6 is 0 Å². The SMILES string of the molecule is CCCCCCCc1nnc([S-])o1.[K+]. The standard InChI is InChI=1S/C9H16N2OS.K/c1-2-3-4-5-6-7-8-10-11-9(13)12-8;/h2-7H2,1H3,(H,11,13);/q;+1/p-1. The van der Waals surface area contributed by atoms with Crippen molar-refractivity contribution in [1.29, 1.82) is 0 Å². The summed E-state index contributed by atoms with van der Waals surface area (Å²) in [4.78, 5) is 0. The Kier molecular flexibility index (Phi) is 9.90. The summed E-state index contributed by atoms with van der Waals surface area (Å²) in [6.07, 6.45) is 7.12. The fraction of sp³-hybridized carbons (Fsp3) is 0.778. The van der Waals surface area contributed by atoms with Crippen molar-refractivity contribution in [2.45, 2.75) is 50.7 Å². The first kappa shape index (κ1) is 15.0. The zero-order valence-corrected chi connectivity index (χ0v) is 12.9. The van der Waals surface area contributed by atoms with Gasteiger partial charge in [0.15, 0.2) is 0 Å². The van der Waals surface area contributed by atoms with E-state index in [0.29, 0.717) is 5.89 Å². The number of rotatable bonds is 6. The average Bonchev–Trinajstić information content (AvgIpc) is 2.51. The summed E-state index contributed by atoms with van der Waals surface area (Å²) in [6, 6.07) is 0. The number of nitrogens with zero attached hydrogens (tertiary/aromatic N) is 2. The van der Waals surface area contributed by atoms with Gasteiger partial charge in [0.25, 0.3) is 0 Å². The molecule has 0 amide bonds. The second-order valence-electron chi connectivity index (χ2n) is 3.13. The summed E-state index contributed by atoms with van der Waals surface area (Å²) in [5.41, 5.74) is 0. The van der Waals surface area contributed by atoms with Crippen LogP contribution in [0.25, 0.3) is 0 Å². The van der Waals surface area contributed by atoms with Crippen LogP contribution in [0.3, 0.4) is 0 Å². The van der Waals surface area contributed by atoms with Gasteiger partial charge in [0.1, 0.15) is 0 Å². The van der Waals surface area contributed by atoms with Crippen LogP contribution in [-0.4, -0.2) is 10.2 Å². The largest absolute Gasteiger partial charge is 1.00 e. The molecule has 0 aromatic carbocycles. The summed E-state index contributed by atoms with van der Waals surface area (Å²) < 4.78 is 5.08. The molecule has 14 heavy (non-hydrogen) atoms. The molecule has 0 bridgehead atoms. The normalized spacial score (nSPS) is 9.79. The van der Waals surface area contributed by atoms with Crippen molar-refractivity contribution in [2.24, 2.45) is 0 Å². The van der Waals surface area contributed by atoms with Gasteiger partial charge in [0.2, 0.25) is 5.89 Å². The Balaban J connectivity index is 0.00000169. The molecule has 0 aliphatic rings. The molecule has 0 saturated carbocycles. The average molecular weight is 238 g/mol. The van der Waals surface area contributed by atoms with Gasteiger partial charge in [-0.2, -0.15) is 0 Å². The maximum atomic E-state index is 5.08. The van der Waals surface area contributed by atoms with Gasteiger partial charge in [-0.05, 0) is 6.42 Å². The summed E-state index contributed by atoms with van der Waals surface area (Å²) in [5, 5.41) is 7.70. The molecule has 1 aromatic rings. The number of hydrogen-bond acceptors (Lipinski definition) is 4. The molecule has 0 aliphatic heterocycles. The molecule has 1 aromatic heterocycles. The van der Waals surface area contributed by atoms with Gasteiger partial charge in [-0.25, -0.2) is 0 Å². The Hall–Kier alpha value is 0.996. The molecule has 0 radical (unpaired) electrons. The smallest absolute Gasteiger partial charge is 0.719 e. The molecule has 0 aliphatic carbocycles. The number of aromatic nitrogens is 2. The summed E-state index contributed by atoms with van der Waals surface area (Å²) >= 11 is 4.71. The van der Waals surface area contributed by atoms with Crippen LogP contribution in [0.5, 0.6) is 0 Å².